The minimum absolute atomic E-state index is 0.948. The van der Waals surface area contributed by atoms with Crippen molar-refractivity contribution >= 4 is 0 Å². The van der Waals surface area contributed by atoms with Gasteiger partial charge in [-0.25, -0.2) is 4.98 Å². The second kappa shape index (κ2) is 13.6. The number of benzene rings is 1. The molecule has 3 nitrogen and oxygen atoms in total. The number of rotatable bonds is 15. The fraction of sp³-hybridized carbons (Fsp3) is 0.609. The average molecular weight is 357 g/mol. The third kappa shape index (κ3) is 8.66. The zero-order chi connectivity index (χ0) is 18.3. The molecule has 0 spiro atoms. The van der Waals surface area contributed by atoms with Gasteiger partial charge in [0.25, 0.3) is 0 Å². The molecule has 144 valence electrons. The number of hydrogen-bond acceptors (Lipinski definition) is 2. The monoisotopic (exact) mass is 356 g/mol. The molecule has 1 heterocycles. The first-order chi connectivity index (χ1) is 12.9. The lowest BCUT2D eigenvalue weighted by Gasteiger charge is -2.05. The molecule has 0 aliphatic heterocycles. The van der Waals surface area contributed by atoms with E-state index in [2.05, 4.69) is 46.9 Å². The van der Waals surface area contributed by atoms with E-state index in [1.54, 1.807) is 0 Å². The van der Waals surface area contributed by atoms with Gasteiger partial charge in [-0.2, -0.15) is 0 Å². The Morgan fingerprint density at radius 1 is 0.808 bits per heavy atom. The van der Waals surface area contributed by atoms with E-state index in [0.29, 0.717) is 0 Å². The first-order valence-electron chi connectivity index (χ1n) is 10.5. The van der Waals surface area contributed by atoms with Gasteiger partial charge in [-0.15, -0.1) is 0 Å². The fourth-order valence-electron chi connectivity index (χ4n) is 3.18. The Hall–Kier alpha value is -1.61. The molecular formula is C23H36N2O. The second-order valence-electron chi connectivity index (χ2n) is 7.16. The Morgan fingerprint density at radius 2 is 1.46 bits per heavy atom. The van der Waals surface area contributed by atoms with Crippen LogP contribution in [0.3, 0.4) is 0 Å². The lowest BCUT2D eigenvalue weighted by Crippen LogP contribution is -1.97. The number of unbranched alkanes of at least 4 members (excludes halogenated alkanes) is 8. The second-order valence-corrected chi connectivity index (χ2v) is 7.16. The normalized spacial score (nSPS) is 11.1. The van der Waals surface area contributed by atoms with Crippen LogP contribution in [-0.4, -0.2) is 22.8 Å². The molecule has 0 aliphatic rings. The Kier molecular flexibility index (Phi) is 10.8. The predicted molar refractivity (Wildman–Crippen MR) is 110 cm³/mol. The molecule has 0 bridgehead atoms. The van der Waals surface area contributed by atoms with Crippen LogP contribution in [0.5, 0.6) is 0 Å². The molecule has 0 radical (unpaired) electrons. The van der Waals surface area contributed by atoms with Crippen molar-refractivity contribution in [2.24, 2.45) is 0 Å². The van der Waals surface area contributed by atoms with Crippen LogP contribution >= 0.6 is 0 Å². The molecule has 0 aliphatic carbocycles. The molecule has 0 N–H and O–H groups in total. The van der Waals surface area contributed by atoms with Crippen molar-refractivity contribution in [3.63, 3.8) is 0 Å². The number of ether oxygens (including phenoxy) is 1. The van der Waals surface area contributed by atoms with Crippen LogP contribution < -0.4 is 0 Å². The molecule has 0 saturated carbocycles. The summed E-state index contributed by atoms with van der Waals surface area (Å²) in [6.07, 6.45) is 17.0. The highest BCUT2D eigenvalue weighted by molar-refractivity contribution is 5.57. The Labute approximate surface area is 159 Å². The molecule has 3 heteroatoms. The van der Waals surface area contributed by atoms with Crippen molar-refractivity contribution in [1.82, 2.24) is 9.55 Å². The fourth-order valence-corrected chi connectivity index (χ4v) is 3.18. The van der Waals surface area contributed by atoms with Crippen molar-refractivity contribution in [1.29, 1.82) is 0 Å². The molecular weight excluding hydrogens is 320 g/mol. The van der Waals surface area contributed by atoms with Gasteiger partial charge in [0.05, 0.1) is 12.0 Å². The van der Waals surface area contributed by atoms with Crippen LogP contribution in [0, 0.1) is 0 Å². The number of nitrogens with zero attached hydrogens (tertiary/aromatic N) is 2. The Bertz CT molecular complexity index is 565. The first-order valence-corrected chi connectivity index (χ1v) is 10.5. The van der Waals surface area contributed by atoms with Crippen molar-refractivity contribution in [3.05, 3.63) is 42.9 Å². The van der Waals surface area contributed by atoms with Crippen LogP contribution in [0.25, 0.3) is 11.3 Å². The maximum atomic E-state index is 5.69. The van der Waals surface area contributed by atoms with Gasteiger partial charge in [0, 0.05) is 31.5 Å². The Morgan fingerprint density at radius 3 is 2.19 bits per heavy atom. The highest BCUT2D eigenvalue weighted by Crippen LogP contribution is 2.16. The maximum Gasteiger partial charge on any atom is 0.0953 e. The highest BCUT2D eigenvalue weighted by atomic mass is 16.5. The maximum absolute atomic E-state index is 5.69. The van der Waals surface area contributed by atoms with E-state index in [1.165, 1.54) is 69.8 Å². The molecule has 0 saturated heterocycles. The van der Waals surface area contributed by atoms with Crippen LogP contribution in [0.15, 0.2) is 42.9 Å². The predicted octanol–water partition coefficient (Wildman–Crippen LogP) is 6.49. The SMILES string of the molecule is CCCCCCOCCCCCCCCn1cnc(-c2ccccc2)c1. The largest absolute Gasteiger partial charge is 0.381 e. The van der Waals surface area contributed by atoms with Gasteiger partial charge < -0.3 is 9.30 Å². The quantitative estimate of drug-likeness (QED) is 0.341. The van der Waals surface area contributed by atoms with E-state index in [1.807, 2.05) is 12.4 Å². The van der Waals surface area contributed by atoms with Gasteiger partial charge in [0.2, 0.25) is 0 Å². The number of imidazole rings is 1. The summed E-state index contributed by atoms with van der Waals surface area (Å²) in [5.41, 5.74) is 2.26. The summed E-state index contributed by atoms with van der Waals surface area (Å²) in [4.78, 5) is 4.52. The third-order valence-corrected chi connectivity index (χ3v) is 4.80. The van der Waals surface area contributed by atoms with Crippen molar-refractivity contribution in [2.45, 2.75) is 77.7 Å². The van der Waals surface area contributed by atoms with Crippen LogP contribution in [-0.2, 0) is 11.3 Å². The van der Waals surface area contributed by atoms with E-state index in [4.69, 9.17) is 4.74 Å². The van der Waals surface area contributed by atoms with Crippen molar-refractivity contribution in [3.8, 4) is 11.3 Å². The summed E-state index contributed by atoms with van der Waals surface area (Å²) < 4.78 is 7.91. The van der Waals surface area contributed by atoms with Crippen LogP contribution in [0.2, 0.25) is 0 Å². The van der Waals surface area contributed by atoms with E-state index < -0.39 is 0 Å². The van der Waals surface area contributed by atoms with E-state index in [-0.39, 0.29) is 0 Å². The van der Waals surface area contributed by atoms with Crippen LogP contribution in [0.1, 0.15) is 71.1 Å². The van der Waals surface area contributed by atoms with Crippen molar-refractivity contribution in [2.75, 3.05) is 13.2 Å². The van der Waals surface area contributed by atoms with Gasteiger partial charge in [-0.05, 0) is 19.3 Å². The van der Waals surface area contributed by atoms with Gasteiger partial charge in [0.15, 0.2) is 0 Å². The minimum Gasteiger partial charge on any atom is -0.381 e. The molecule has 2 aromatic rings. The summed E-state index contributed by atoms with van der Waals surface area (Å²) >= 11 is 0. The number of aryl methyl sites for hydroxylation is 1. The summed E-state index contributed by atoms with van der Waals surface area (Å²) in [5, 5.41) is 0. The molecule has 0 fully saturated rings. The van der Waals surface area contributed by atoms with Gasteiger partial charge in [0.1, 0.15) is 0 Å². The molecule has 0 atom stereocenters. The van der Waals surface area contributed by atoms with E-state index in [0.717, 1.165) is 25.5 Å². The summed E-state index contributed by atoms with van der Waals surface area (Å²) in [7, 11) is 0. The molecule has 2 rings (SSSR count). The summed E-state index contributed by atoms with van der Waals surface area (Å²) in [5.74, 6) is 0. The standard InChI is InChI=1S/C23H36N2O/c1-2-3-4-13-18-26-19-14-8-6-5-7-12-17-25-20-23(24-21-25)22-15-10-9-11-16-22/h9-11,15-16,20-21H,2-8,12-14,17-19H2,1H3. The molecule has 0 amide bonds. The minimum atomic E-state index is 0.948. The number of aromatic nitrogens is 2. The average Bonchev–Trinajstić information content (AvgIpc) is 3.15. The molecule has 0 unspecified atom stereocenters. The summed E-state index contributed by atoms with van der Waals surface area (Å²) in [6.45, 7) is 5.22. The smallest absolute Gasteiger partial charge is 0.0953 e. The van der Waals surface area contributed by atoms with Crippen LogP contribution in [0.4, 0.5) is 0 Å². The van der Waals surface area contributed by atoms with Gasteiger partial charge >= 0.3 is 0 Å². The summed E-state index contributed by atoms with van der Waals surface area (Å²) in [6, 6.07) is 10.4. The van der Waals surface area contributed by atoms with E-state index >= 15 is 0 Å². The van der Waals surface area contributed by atoms with Crippen molar-refractivity contribution < 1.29 is 4.74 Å². The van der Waals surface area contributed by atoms with Gasteiger partial charge in [-0.3, -0.25) is 0 Å². The highest BCUT2D eigenvalue weighted by Gasteiger charge is 2.01. The molecule has 26 heavy (non-hydrogen) atoms. The lowest BCUT2D eigenvalue weighted by atomic mass is 10.1. The molecule has 1 aromatic carbocycles. The number of hydrogen-bond donors (Lipinski definition) is 0. The zero-order valence-corrected chi connectivity index (χ0v) is 16.5. The first kappa shape index (κ1) is 20.7. The lowest BCUT2D eigenvalue weighted by molar-refractivity contribution is 0.125. The zero-order valence-electron chi connectivity index (χ0n) is 16.5. The van der Waals surface area contributed by atoms with E-state index in [9.17, 15) is 0 Å². The topological polar surface area (TPSA) is 27.1 Å². The molecule has 1 aromatic heterocycles. The third-order valence-electron chi connectivity index (χ3n) is 4.80. The Balaban J connectivity index is 1.42. The van der Waals surface area contributed by atoms with Gasteiger partial charge in [-0.1, -0.05) is 82.2 Å².